The number of carbonyl (C=O) groups is 1. The molecular formula is C15H16ClN5O2S2. The fraction of sp³-hybridized carbons (Fsp3) is 0.333. The summed E-state index contributed by atoms with van der Waals surface area (Å²) in [5.41, 5.74) is 0.945. The van der Waals surface area contributed by atoms with E-state index in [2.05, 4.69) is 20.8 Å². The van der Waals surface area contributed by atoms with Crippen molar-refractivity contribution in [2.24, 2.45) is 0 Å². The van der Waals surface area contributed by atoms with E-state index >= 15 is 0 Å². The largest absolute Gasteiger partial charge is 0.383 e. The molecule has 132 valence electrons. The summed E-state index contributed by atoms with van der Waals surface area (Å²) in [6.07, 6.45) is 0.328. The minimum absolute atomic E-state index is 0.128. The molecule has 0 atom stereocenters. The number of nitrogens with zero attached hydrogens (tertiary/aromatic N) is 3. The number of hydrogen-bond donors (Lipinski definition) is 2. The fourth-order valence-electron chi connectivity index (χ4n) is 1.74. The van der Waals surface area contributed by atoms with Crippen molar-refractivity contribution in [2.45, 2.75) is 10.8 Å². The normalized spacial score (nSPS) is 10.3. The van der Waals surface area contributed by atoms with Gasteiger partial charge in [0.2, 0.25) is 11.0 Å². The molecule has 0 fully saturated rings. The van der Waals surface area contributed by atoms with Gasteiger partial charge >= 0.3 is 0 Å². The molecule has 0 unspecified atom stereocenters. The number of hydrogen-bond acceptors (Lipinski definition) is 8. The van der Waals surface area contributed by atoms with Crippen LogP contribution in [0.15, 0.2) is 22.5 Å². The Hall–Kier alpha value is -1.86. The first-order valence-electron chi connectivity index (χ1n) is 7.31. The van der Waals surface area contributed by atoms with Crippen LogP contribution in [-0.4, -0.2) is 42.1 Å². The molecule has 0 spiro atoms. The first kappa shape index (κ1) is 19.5. The minimum atomic E-state index is -0.128. The first-order chi connectivity index (χ1) is 12.1. The number of aromatic nitrogens is 2. The lowest BCUT2D eigenvalue weighted by Crippen LogP contribution is -2.12. The smallest absolute Gasteiger partial charge is 0.225 e. The molecule has 10 heteroatoms. The summed E-state index contributed by atoms with van der Waals surface area (Å²) in [7, 11) is 1.64. The van der Waals surface area contributed by atoms with E-state index in [0.29, 0.717) is 41.6 Å². The molecule has 0 saturated carbocycles. The molecule has 1 aromatic carbocycles. The molecule has 0 aliphatic carbocycles. The Labute approximate surface area is 158 Å². The maximum absolute atomic E-state index is 12.0. The van der Waals surface area contributed by atoms with Gasteiger partial charge in [0, 0.05) is 31.5 Å². The van der Waals surface area contributed by atoms with Crippen molar-refractivity contribution in [3.8, 4) is 6.07 Å². The number of thioether (sulfide) groups is 1. The van der Waals surface area contributed by atoms with Crippen molar-refractivity contribution in [2.75, 3.05) is 36.6 Å². The highest BCUT2D eigenvalue weighted by Crippen LogP contribution is 2.26. The van der Waals surface area contributed by atoms with Crippen molar-refractivity contribution in [3.63, 3.8) is 0 Å². The van der Waals surface area contributed by atoms with Crippen LogP contribution in [0, 0.1) is 11.3 Å². The molecule has 1 heterocycles. The topological polar surface area (TPSA) is 99.9 Å². The van der Waals surface area contributed by atoms with Crippen molar-refractivity contribution < 1.29 is 9.53 Å². The maximum atomic E-state index is 12.0. The summed E-state index contributed by atoms with van der Waals surface area (Å²) in [5.74, 6) is 0.457. The highest BCUT2D eigenvalue weighted by atomic mass is 35.5. The van der Waals surface area contributed by atoms with Gasteiger partial charge in [-0.1, -0.05) is 34.7 Å². The molecule has 7 nitrogen and oxygen atoms in total. The van der Waals surface area contributed by atoms with Gasteiger partial charge in [0.1, 0.15) is 6.07 Å². The molecule has 2 aromatic rings. The quantitative estimate of drug-likeness (QED) is 0.494. The molecular weight excluding hydrogens is 382 g/mol. The van der Waals surface area contributed by atoms with Crippen molar-refractivity contribution in [3.05, 3.63) is 28.8 Å². The van der Waals surface area contributed by atoms with E-state index in [9.17, 15) is 4.79 Å². The number of nitriles is 1. The molecule has 0 aliphatic rings. The van der Waals surface area contributed by atoms with Crippen LogP contribution in [-0.2, 0) is 9.53 Å². The van der Waals surface area contributed by atoms with Gasteiger partial charge in [0.25, 0.3) is 0 Å². The fourth-order valence-corrected chi connectivity index (χ4v) is 3.75. The molecule has 0 radical (unpaired) electrons. The number of benzene rings is 1. The second-order valence-corrected chi connectivity index (χ2v) is 7.47. The zero-order valence-corrected chi connectivity index (χ0v) is 15.8. The summed E-state index contributed by atoms with van der Waals surface area (Å²) in [6.45, 7) is 1.27. The lowest BCUT2D eigenvalue weighted by atomic mass is 10.2. The number of rotatable bonds is 9. The highest BCUT2D eigenvalue weighted by Gasteiger charge is 2.08. The molecule has 2 rings (SSSR count). The summed E-state index contributed by atoms with van der Waals surface area (Å²) >= 11 is 8.85. The van der Waals surface area contributed by atoms with Crippen LogP contribution in [0.25, 0.3) is 0 Å². The van der Waals surface area contributed by atoms with Gasteiger partial charge in [0.15, 0.2) is 4.34 Å². The number of carbonyl (C=O) groups excluding carboxylic acids is 1. The summed E-state index contributed by atoms with van der Waals surface area (Å²) in [6, 6.07) is 6.76. The summed E-state index contributed by atoms with van der Waals surface area (Å²) < 4.78 is 5.75. The van der Waals surface area contributed by atoms with Gasteiger partial charge < -0.3 is 15.4 Å². The van der Waals surface area contributed by atoms with Gasteiger partial charge in [-0.05, 0) is 18.2 Å². The van der Waals surface area contributed by atoms with Crippen molar-refractivity contribution in [1.82, 2.24) is 10.2 Å². The molecule has 1 aromatic heterocycles. The standard InChI is InChI=1S/C15H16ClN5O2S2/c1-23-6-5-18-14-20-21-15(25-14)24-7-4-13(22)19-11-3-2-10(9-17)12(16)8-11/h2-3,8H,4-7H2,1H3,(H,18,20)(H,19,22). The molecule has 0 saturated heterocycles. The lowest BCUT2D eigenvalue weighted by Gasteiger charge is -2.05. The van der Waals surface area contributed by atoms with Crippen LogP contribution in [0.5, 0.6) is 0 Å². The van der Waals surface area contributed by atoms with Gasteiger partial charge in [-0.25, -0.2) is 0 Å². The van der Waals surface area contributed by atoms with Crippen LogP contribution in [0.3, 0.4) is 0 Å². The SMILES string of the molecule is COCCNc1nnc(SCCC(=O)Nc2ccc(C#N)c(Cl)c2)s1. The second-order valence-electron chi connectivity index (χ2n) is 4.75. The van der Waals surface area contributed by atoms with Gasteiger partial charge in [-0.2, -0.15) is 5.26 Å². The van der Waals surface area contributed by atoms with Crippen molar-refractivity contribution in [1.29, 1.82) is 5.26 Å². The molecule has 0 bridgehead atoms. The molecule has 25 heavy (non-hydrogen) atoms. The van der Waals surface area contributed by atoms with E-state index < -0.39 is 0 Å². The average molecular weight is 398 g/mol. The number of methoxy groups -OCH3 is 1. The summed E-state index contributed by atoms with van der Waals surface area (Å²) in [4.78, 5) is 12.0. The molecule has 2 N–H and O–H groups in total. The Balaban J connectivity index is 1.73. The molecule has 0 aliphatic heterocycles. The molecule has 1 amide bonds. The van der Waals surface area contributed by atoms with Crippen LogP contribution in [0.2, 0.25) is 5.02 Å². The van der Waals surface area contributed by atoms with Gasteiger partial charge in [-0.15, -0.1) is 10.2 Å². The first-order valence-corrected chi connectivity index (χ1v) is 9.49. The Bertz CT molecular complexity index is 763. The van der Waals surface area contributed by atoms with E-state index in [-0.39, 0.29) is 5.91 Å². The number of amides is 1. The average Bonchev–Trinajstić information content (AvgIpc) is 3.03. The second kappa shape index (κ2) is 10.2. The Morgan fingerprint density at radius 1 is 1.48 bits per heavy atom. The third-order valence-electron chi connectivity index (χ3n) is 2.92. The van der Waals surface area contributed by atoms with E-state index in [4.69, 9.17) is 21.6 Å². The van der Waals surface area contributed by atoms with Crippen LogP contribution >= 0.6 is 34.7 Å². The van der Waals surface area contributed by atoms with E-state index in [1.54, 1.807) is 25.3 Å². The minimum Gasteiger partial charge on any atom is -0.383 e. The van der Waals surface area contributed by atoms with Crippen LogP contribution < -0.4 is 10.6 Å². The third-order valence-corrected chi connectivity index (χ3v) is 5.25. The third kappa shape index (κ3) is 6.51. The Morgan fingerprint density at radius 2 is 2.32 bits per heavy atom. The highest BCUT2D eigenvalue weighted by molar-refractivity contribution is 8.01. The maximum Gasteiger partial charge on any atom is 0.225 e. The van der Waals surface area contributed by atoms with E-state index in [0.717, 1.165) is 9.47 Å². The Kier molecular flexibility index (Phi) is 7.94. The number of ether oxygens (including phenoxy) is 1. The zero-order valence-electron chi connectivity index (χ0n) is 13.4. The number of nitrogens with one attached hydrogen (secondary N) is 2. The lowest BCUT2D eigenvalue weighted by molar-refractivity contribution is -0.115. The number of halogens is 1. The monoisotopic (exact) mass is 397 g/mol. The zero-order chi connectivity index (χ0) is 18.1. The van der Waals surface area contributed by atoms with Crippen molar-refractivity contribution >= 4 is 51.4 Å². The van der Waals surface area contributed by atoms with Gasteiger partial charge in [0.05, 0.1) is 17.2 Å². The predicted octanol–water partition coefficient (Wildman–Crippen LogP) is 3.24. The number of anilines is 2. The predicted molar refractivity (Wildman–Crippen MR) is 100 cm³/mol. The van der Waals surface area contributed by atoms with Crippen LogP contribution in [0.4, 0.5) is 10.8 Å². The van der Waals surface area contributed by atoms with E-state index in [1.165, 1.54) is 23.1 Å². The van der Waals surface area contributed by atoms with Crippen LogP contribution in [0.1, 0.15) is 12.0 Å². The van der Waals surface area contributed by atoms with E-state index in [1.807, 2.05) is 6.07 Å². The summed E-state index contributed by atoms with van der Waals surface area (Å²) in [5, 5.41) is 23.8. The Morgan fingerprint density at radius 3 is 3.04 bits per heavy atom. The van der Waals surface area contributed by atoms with Gasteiger partial charge in [-0.3, -0.25) is 4.79 Å².